The van der Waals surface area contributed by atoms with Crippen molar-refractivity contribution in [3.05, 3.63) is 18.0 Å². The Morgan fingerprint density at radius 1 is 1.43 bits per heavy atom. The SMILES string of the molecule is CCCn1nccc1CNCC1(NC(=O)OC(C)(C)C)CCC1. The summed E-state index contributed by atoms with van der Waals surface area (Å²) in [5.74, 6) is 0. The van der Waals surface area contributed by atoms with Gasteiger partial charge in [0.05, 0.1) is 11.2 Å². The maximum atomic E-state index is 12.0. The summed E-state index contributed by atoms with van der Waals surface area (Å²) in [6.07, 6.45) is 5.71. The summed E-state index contributed by atoms with van der Waals surface area (Å²) in [4.78, 5) is 12.0. The first-order valence-electron chi connectivity index (χ1n) is 8.56. The Morgan fingerprint density at radius 2 is 2.17 bits per heavy atom. The molecule has 1 amide bonds. The molecule has 1 aliphatic carbocycles. The molecule has 2 N–H and O–H groups in total. The third-order valence-corrected chi connectivity index (χ3v) is 4.09. The predicted octanol–water partition coefficient (Wildman–Crippen LogP) is 2.83. The summed E-state index contributed by atoms with van der Waals surface area (Å²) in [5, 5.41) is 10.9. The number of nitrogens with one attached hydrogen (secondary N) is 2. The van der Waals surface area contributed by atoms with Crippen molar-refractivity contribution in [2.75, 3.05) is 6.54 Å². The van der Waals surface area contributed by atoms with Gasteiger partial charge < -0.3 is 15.4 Å². The molecule has 6 nitrogen and oxygen atoms in total. The number of hydrogen-bond acceptors (Lipinski definition) is 4. The van der Waals surface area contributed by atoms with Gasteiger partial charge in [-0.25, -0.2) is 4.79 Å². The summed E-state index contributed by atoms with van der Waals surface area (Å²) < 4.78 is 7.41. The van der Waals surface area contributed by atoms with Gasteiger partial charge in [0.2, 0.25) is 0 Å². The molecule has 1 saturated carbocycles. The van der Waals surface area contributed by atoms with Gasteiger partial charge in [-0.2, -0.15) is 5.10 Å². The summed E-state index contributed by atoms with van der Waals surface area (Å²) in [7, 11) is 0. The molecule has 1 aromatic heterocycles. The largest absolute Gasteiger partial charge is 0.444 e. The van der Waals surface area contributed by atoms with E-state index in [4.69, 9.17) is 4.74 Å². The fourth-order valence-corrected chi connectivity index (χ4v) is 2.82. The van der Waals surface area contributed by atoms with Crippen LogP contribution in [-0.4, -0.2) is 33.6 Å². The fraction of sp³-hybridized carbons (Fsp3) is 0.765. The number of ether oxygens (including phenoxy) is 1. The number of hydrogen-bond donors (Lipinski definition) is 2. The average molecular weight is 322 g/mol. The predicted molar refractivity (Wildman–Crippen MR) is 90.2 cm³/mol. The molecule has 0 saturated heterocycles. The minimum absolute atomic E-state index is 0.169. The van der Waals surface area contributed by atoms with Crippen molar-refractivity contribution < 1.29 is 9.53 Å². The topological polar surface area (TPSA) is 68.2 Å². The molecule has 130 valence electrons. The van der Waals surface area contributed by atoms with Crippen molar-refractivity contribution in [3.8, 4) is 0 Å². The van der Waals surface area contributed by atoms with Gasteiger partial charge in [-0.3, -0.25) is 4.68 Å². The van der Waals surface area contributed by atoms with Gasteiger partial charge in [-0.05, 0) is 52.5 Å². The first-order valence-corrected chi connectivity index (χ1v) is 8.56. The molecule has 0 bridgehead atoms. The number of aromatic nitrogens is 2. The van der Waals surface area contributed by atoms with Gasteiger partial charge in [0, 0.05) is 25.8 Å². The molecular weight excluding hydrogens is 292 g/mol. The second-order valence-electron chi connectivity index (χ2n) is 7.41. The van der Waals surface area contributed by atoms with E-state index in [9.17, 15) is 4.79 Å². The highest BCUT2D eigenvalue weighted by atomic mass is 16.6. The van der Waals surface area contributed by atoms with Crippen molar-refractivity contribution in [3.63, 3.8) is 0 Å². The van der Waals surface area contributed by atoms with Crippen molar-refractivity contribution in [1.82, 2.24) is 20.4 Å². The zero-order valence-corrected chi connectivity index (χ0v) is 14.8. The second-order valence-corrected chi connectivity index (χ2v) is 7.41. The molecule has 1 fully saturated rings. The quantitative estimate of drug-likeness (QED) is 0.810. The first kappa shape index (κ1) is 17.8. The van der Waals surface area contributed by atoms with E-state index in [0.717, 1.165) is 45.3 Å². The van der Waals surface area contributed by atoms with E-state index in [1.165, 1.54) is 5.69 Å². The standard InChI is InChI=1S/C17H30N4O2/c1-5-11-21-14(7-10-19-21)12-18-13-17(8-6-9-17)20-15(22)23-16(2,3)4/h7,10,18H,5-6,8-9,11-13H2,1-4H3,(H,20,22). The van der Waals surface area contributed by atoms with Crippen molar-refractivity contribution in [2.24, 2.45) is 0 Å². The minimum Gasteiger partial charge on any atom is -0.444 e. The highest BCUT2D eigenvalue weighted by molar-refractivity contribution is 5.69. The number of amides is 1. The van der Waals surface area contributed by atoms with Crippen molar-refractivity contribution >= 4 is 6.09 Å². The highest BCUT2D eigenvalue weighted by Crippen LogP contribution is 2.31. The van der Waals surface area contributed by atoms with E-state index in [-0.39, 0.29) is 11.6 Å². The van der Waals surface area contributed by atoms with Crippen molar-refractivity contribution in [1.29, 1.82) is 0 Å². The molecular formula is C17H30N4O2. The summed E-state index contributed by atoms with van der Waals surface area (Å²) in [6.45, 7) is 10.2. The Hall–Kier alpha value is -1.56. The molecule has 0 aromatic carbocycles. The van der Waals surface area contributed by atoms with E-state index in [0.29, 0.717) is 0 Å². The van der Waals surface area contributed by atoms with E-state index in [1.807, 2.05) is 37.7 Å². The number of aryl methyl sites for hydroxylation is 1. The molecule has 0 unspecified atom stereocenters. The van der Waals surface area contributed by atoms with Crippen LogP contribution in [0.1, 0.15) is 59.1 Å². The first-order chi connectivity index (χ1) is 10.8. The van der Waals surface area contributed by atoms with E-state index < -0.39 is 5.60 Å². The van der Waals surface area contributed by atoms with Crippen LogP contribution in [-0.2, 0) is 17.8 Å². The number of carbonyl (C=O) groups excluding carboxylic acids is 1. The van der Waals surface area contributed by atoms with E-state index >= 15 is 0 Å². The average Bonchev–Trinajstić information content (AvgIpc) is 2.81. The maximum absolute atomic E-state index is 12.0. The Balaban J connectivity index is 1.82. The van der Waals surface area contributed by atoms with E-state index in [2.05, 4.69) is 22.7 Å². The van der Waals surface area contributed by atoms with Gasteiger partial charge in [0.1, 0.15) is 5.60 Å². The van der Waals surface area contributed by atoms with Gasteiger partial charge in [0.15, 0.2) is 0 Å². The Kier molecular flexibility index (Phi) is 5.68. The lowest BCUT2D eigenvalue weighted by Gasteiger charge is -2.42. The molecule has 1 aliphatic rings. The molecule has 0 atom stereocenters. The van der Waals surface area contributed by atoms with Crippen LogP contribution in [0.15, 0.2) is 12.3 Å². The van der Waals surface area contributed by atoms with Crippen LogP contribution < -0.4 is 10.6 Å². The van der Waals surface area contributed by atoms with Gasteiger partial charge >= 0.3 is 6.09 Å². The zero-order valence-electron chi connectivity index (χ0n) is 14.8. The summed E-state index contributed by atoms with van der Waals surface area (Å²) >= 11 is 0. The molecule has 0 aliphatic heterocycles. The molecule has 0 spiro atoms. The number of alkyl carbamates (subject to hydrolysis) is 1. The summed E-state index contributed by atoms with van der Waals surface area (Å²) in [6, 6.07) is 2.04. The number of rotatable bonds is 7. The second kappa shape index (κ2) is 7.34. The third kappa shape index (κ3) is 5.23. The Morgan fingerprint density at radius 3 is 2.74 bits per heavy atom. The van der Waals surface area contributed by atoms with Crippen LogP contribution in [0.4, 0.5) is 4.79 Å². The minimum atomic E-state index is -0.463. The molecule has 1 heterocycles. The monoisotopic (exact) mass is 322 g/mol. The molecule has 6 heteroatoms. The maximum Gasteiger partial charge on any atom is 0.408 e. The molecule has 1 aromatic rings. The summed E-state index contributed by atoms with van der Waals surface area (Å²) in [5.41, 5.74) is 0.547. The number of carbonyl (C=O) groups is 1. The highest BCUT2D eigenvalue weighted by Gasteiger charge is 2.39. The van der Waals surface area contributed by atoms with Crippen LogP contribution in [0, 0.1) is 0 Å². The van der Waals surface area contributed by atoms with Crippen LogP contribution in [0.3, 0.4) is 0 Å². The lowest BCUT2D eigenvalue weighted by Crippen LogP contribution is -2.59. The Bertz CT molecular complexity index is 515. The van der Waals surface area contributed by atoms with Gasteiger partial charge in [0.25, 0.3) is 0 Å². The van der Waals surface area contributed by atoms with Crippen LogP contribution in [0.5, 0.6) is 0 Å². The molecule has 2 rings (SSSR count). The van der Waals surface area contributed by atoms with Gasteiger partial charge in [-0.15, -0.1) is 0 Å². The number of nitrogens with zero attached hydrogens (tertiary/aromatic N) is 2. The Labute approximate surface area is 139 Å². The van der Waals surface area contributed by atoms with Crippen LogP contribution in [0.25, 0.3) is 0 Å². The lowest BCUT2D eigenvalue weighted by molar-refractivity contribution is 0.0382. The molecule has 23 heavy (non-hydrogen) atoms. The van der Waals surface area contributed by atoms with Crippen molar-refractivity contribution in [2.45, 2.75) is 77.6 Å². The van der Waals surface area contributed by atoms with Gasteiger partial charge in [-0.1, -0.05) is 6.92 Å². The normalized spacial score (nSPS) is 16.7. The van der Waals surface area contributed by atoms with E-state index in [1.54, 1.807) is 0 Å². The third-order valence-electron chi connectivity index (χ3n) is 4.09. The van der Waals surface area contributed by atoms with Crippen LogP contribution >= 0.6 is 0 Å². The fourth-order valence-electron chi connectivity index (χ4n) is 2.82. The van der Waals surface area contributed by atoms with Crippen LogP contribution in [0.2, 0.25) is 0 Å². The zero-order chi connectivity index (χ0) is 16.9. The lowest BCUT2D eigenvalue weighted by atomic mass is 9.76. The smallest absolute Gasteiger partial charge is 0.408 e. The molecule has 0 radical (unpaired) electrons.